The first-order valence-electron chi connectivity index (χ1n) is 9.05. The van der Waals surface area contributed by atoms with Crippen LogP contribution in [0.5, 0.6) is 11.5 Å². The van der Waals surface area contributed by atoms with Crippen molar-refractivity contribution in [1.29, 1.82) is 0 Å². The van der Waals surface area contributed by atoms with E-state index in [0.717, 1.165) is 6.42 Å². The highest BCUT2D eigenvalue weighted by molar-refractivity contribution is 7.89. The summed E-state index contributed by atoms with van der Waals surface area (Å²) in [7, 11) is -3.59. The summed E-state index contributed by atoms with van der Waals surface area (Å²) in [5.74, 6) is 1.46. The van der Waals surface area contributed by atoms with E-state index in [1.807, 2.05) is 0 Å². The van der Waals surface area contributed by atoms with Crippen molar-refractivity contribution >= 4 is 15.9 Å². The van der Waals surface area contributed by atoms with Gasteiger partial charge in [0.1, 0.15) is 0 Å². The topological polar surface area (TPSA) is 84.9 Å². The molecule has 1 aromatic rings. The first kappa shape index (κ1) is 19.0. The van der Waals surface area contributed by atoms with Crippen LogP contribution in [-0.2, 0) is 14.8 Å². The number of carbonyl (C=O) groups is 1. The van der Waals surface area contributed by atoms with Gasteiger partial charge in [0.2, 0.25) is 22.7 Å². The van der Waals surface area contributed by atoms with Crippen LogP contribution in [0.2, 0.25) is 0 Å². The second-order valence-electron chi connectivity index (χ2n) is 7.17. The van der Waals surface area contributed by atoms with Crippen molar-refractivity contribution in [2.45, 2.75) is 38.0 Å². The Bertz CT molecular complexity index is 755. The summed E-state index contributed by atoms with van der Waals surface area (Å²) in [6.45, 7) is 5.71. The van der Waals surface area contributed by atoms with Crippen LogP contribution < -0.4 is 14.8 Å². The van der Waals surface area contributed by atoms with E-state index in [2.05, 4.69) is 19.2 Å². The minimum Gasteiger partial charge on any atom is -0.454 e. The molecule has 1 aromatic carbocycles. The molecule has 0 saturated carbocycles. The van der Waals surface area contributed by atoms with Crippen molar-refractivity contribution in [3.63, 3.8) is 0 Å². The number of rotatable bonds is 6. The van der Waals surface area contributed by atoms with E-state index >= 15 is 0 Å². The van der Waals surface area contributed by atoms with Gasteiger partial charge in [0, 0.05) is 31.6 Å². The number of nitrogens with zero attached hydrogens (tertiary/aromatic N) is 1. The molecule has 1 N–H and O–H groups in total. The Balaban J connectivity index is 1.58. The van der Waals surface area contributed by atoms with Gasteiger partial charge < -0.3 is 14.8 Å². The number of ether oxygens (including phenoxy) is 2. The molecule has 3 rings (SSSR count). The molecule has 0 aliphatic carbocycles. The minimum absolute atomic E-state index is 0.0331. The molecule has 1 saturated heterocycles. The van der Waals surface area contributed by atoms with E-state index in [1.165, 1.54) is 16.4 Å². The number of sulfonamides is 1. The third kappa shape index (κ3) is 4.12. The number of hydrogen-bond acceptors (Lipinski definition) is 5. The molecular formula is C18H26N2O5S. The summed E-state index contributed by atoms with van der Waals surface area (Å²) in [5, 5.41) is 2.96. The predicted octanol–water partition coefficient (Wildman–Crippen LogP) is 1.98. The lowest BCUT2D eigenvalue weighted by atomic mass is 9.97. The van der Waals surface area contributed by atoms with Gasteiger partial charge in [0.25, 0.3) is 0 Å². The van der Waals surface area contributed by atoms with Crippen LogP contribution in [0.25, 0.3) is 0 Å². The number of benzene rings is 1. The average molecular weight is 382 g/mol. The van der Waals surface area contributed by atoms with E-state index in [0.29, 0.717) is 49.9 Å². The molecule has 0 bridgehead atoms. The Morgan fingerprint density at radius 3 is 2.62 bits per heavy atom. The van der Waals surface area contributed by atoms with E-state index in [1.54, 1.807) is 6.07 Å². The van der Waals surface area contributed by atoms with Crippen molar-refractivity contribution in [3.8, 4) is 11.5 Å². The number of hydrogen-bond donors (Lipinski definition) is 1. The van der Waals surface area contributed by atoms with E-state index < -0.39 is 10.0 Å². The van der Waals surface area contributed by atoms with Gasteiger partial charge in [-0.3, -0.25) is 4.79 Å². The highest BCUT2D eigenvalue weighted by Gasteiger charge is 2.32. The predicted molar refractivity (Wildman–Crippen MR) is 96.5 cm³/mol. The standard InChI is InChI=1S/C18H26N2O5S/c1-13(2)5-8-19-18(21)14-6-9-20(10-7-14)26(22,23)15-3-4-16-17(11-15)25-12-24-16/h3-4,11,13-14H,5-10,12H2,1-2H3,(H,19,21). The molecule has 0 spiro atoms. The van der Waals surface area contributed by atoms with Crippen LogP contribution in [0.3, 0.4) is 0 Å². The molecule has 1 fully saturated rings. The van der Waals surface area contributed by atoms with Gasteiger partial charge in [0.15, 0.2) is 11.5 Å². The van der Waals surface area contributed by atoms with Crippen molar-refractivity contribution < 1.29 is 22.7 Å². The van der Waals surface area contributed by atoms with Gasteiger partial charge in [-0.15, -0.1) is 0 Å². The van der Waals surface area contributed by atoms with E-state index in [4.69, 9.17) is 9.47 Å². The Morgan fingerprint density at radius 2 is 1.92 bits per heavy atom. The second kappa shape index (κ2) is 7.84. The fourth-order valence-electron chi connectivity index (χ4n) is 3.17. The number of carbonyl (C=O) groups excluding carboxylic acids is 1. The molecule has 2 heterocycles. The molecule has 0 atom stereocenters. The van der Waals surface area contributed by atoms with Gasteiger partial charge in [0.05, 0.1) is 4.90 Å². The molecule has 26 heavy (non-hydrogen) atoms. The third-order valence-electron chi connectivity index (χ3n) is 4.83. The SMILES string of the molecule is CC(C)CCNC(=O)C1CCN(S(=O)(=O)c2ccc3c(c2)OCO3)CC1. The smallest absolute Gasteiger partial charge is 0.243 e. The summed E-state index contributed by atoms with van der Waals surface area (Å²) < 4.78 is 37.6. The fourth-order valence-corrected chi connectivity index (χ4v) is 4.66. The molecule has 0 aromatic heterocycles. The Kier molecular flexibility index (Phi) is 5.72. The zero-order valence-corrected chi connectivity index (χ0v) is 16.0. The molecule has 8 heteroatoms. The average Bonchev–Trinajstić information content (AvgIpc) is 3.09. The quantitative estimate of drug-likeness (QED) is 0.813. The Hall–Kier alpha value is -1.80. The van der Waals surface area contributed by atoms with Crippen molar-refractivity contribution in [1.82, 2.24) is 9.62 Å². The number of fused-ring (bicyclic) bond motifs is 1. The molecule has 0 unspecified atom stereocenters. The summed E-state index contributed by atoms with van der Waals surface area (Å²) in [6.07, 6.45) is 2.03. The third-order valence-corrected chi connectivity index (χ3v) is 6.72. The number of nitrogens with one attached hydrogen (secondary N) is 1. The lowest BCUT2D eigenvalue weighted by molar-refractivity contribution is -0.126. The lowest BCUT2D eigenvalue weighted by Crippen LogP contribution is -2.43. The van der Waals surface area contributed by atoms with Crippen LogP contribution in [0.1, 0.15) is 33.1 Å². The maximum Gasteiger partial charge on any atom is 0.243 e. The molecule has 0 radical (unpaired) electrons. The van der Waals surface area contributed by atoms with Crippen LogP contribution in [0.15, 0.2) is 23.1 Å². The normalized spacial score (nSPS) is 18.3. The first-order valence-corrected chi connectivity index (χ1v) is 10.5. The fraction of sp³-hybridized carbons (Fsp3) is 0.611. The summed E-state index contributed by atoms with van der Waals surface area (Å²) in [6, 6.07) is 4.65. The Morgan fingerprint density at radius 1 is 1.23 bits per heavy atom. The molecular weight excluding hydrogens is 356 g/mol. The summed E-state index contributed by atoms with van der Waals surface area (Å²) >= 11 is 0. The molecule has 2 aliphatic heterocycles. The number of amides is 1. The maximum absolute atomic E-state index is 12.8. The zero-order valence-electron chi connectivity index (χ0n) is 15.2. The highest BCUT2D eigenvalue weighted by Crippen LogP contribution is 2.35. The molecule has 2 aliphatic rings. The van der Waals surface area contributed by atoms with Crippen LogP contribution in [-0.4, -0.2) is 45.1 Å². The molecule has 144 valence electrons. The Labute approximate surface area is 154 Å². The van der Waals surface area contributed by atoms with Gasteiger partial charge in [-0.05, 0) is 37.3 Å². The van der Waals surface area contributed by atoms with Gasteiger partial charge in [-0.1, -0.05) is 13.8 Å². The largest absolute Gasteiger partial charge is 0.454 e. The second-order valence-corrected chi connectivity index (χ2v) is 9.10. The van der Waals surface area contributed by atoms with Crippen LogP contribution in [0.4, 0.5) is 0 Å². The summed E-state index contributed by atoms with van der Waals surface area (Å²) in [5.41, 5.74) is 0. The first-order chi connectivity index (χ1) is 12.4. The molecule has 7 nitrogen and oxygen atoms in total. The lowest BCUT2D eigenvalue weighted by Gasteiger charge is -2.30. The van der Waals surface area contributed by atoms with Crippen LogP contribution >= 0.6 is 0 Å². The monoisotopic (exact) mass is 382 g/mol. The van der Waals surface area contributed by atoms with Gasteiger partial charge in [-0.25, -0.2) is 8.42 Å². The van der Waals surface area contributed by atoms with E-state index in [9.17, 15) is 13.2 Å². The van der Waals surface area contributed by atoms with E-state index in [-0.39, 0.29) is 23.5 Å². The molecule has 1 amide bonds. The van der Waals surface area contributed by atoms with Crippen molar-refractivity contribution in [2.24, 2.45) is 11.8 Å². The highest BCUT2D eigenvalue weighted by atomic mass is 32.2. The van der Waals surface area contributed by atoms with Crippen LogP contribution in [0, 0.1) is 11.8 Å². The zero-order chi connectivity index (χ0) is 18.7. The number of piperidine rings is 1. The minimum atomic E-state index is -3.59. The van der Waals surface area contributed by atoms with Gasteiger partial charge in [-0.2, -0.15) is 4.31 Å². The summed E-state index contributed by atoms with van der Waals surface area (Å²) in [4.78, 5) is 12.4. The maximum atomic E-state index is 12.8. The van der Waals surface area contributed by atoms with Crippen molar-refractivity contribution in [3.05, 3.63) is 18.2 Å². The van der Waals surface area contributed by atoms with Crippen molar-refractivity contribution in [2.75, 3.05) is 26.4 Å². The van der Waals surface area contributed by atoms with Gasteiger partial charge >= 0.3 is 0 Å².